The summed E-state index contributed by atoms with van der Waals surface area (Å²) < 4.78 is 22.0. The number of fused-ring (bicyclic) bond motifs is 1. The van der Waals surface area contributed by atoms with E-state index < -0.39 is 10.0 Å². The highest BCUT2D eigenvalue weighted by Crippen LogP contribution is 2.59. The lowest BCUT2D eigenvalue weighted by Gasteiger charge is -2.56. The molecular formula is C10H17NO2S. The molecule has 3 aliphatic rings. The van der Waals surface area contributed by atoms with Crippen LogP contribution in [-0.4, -0.2) is 14.2 Å². The van der Waals surface area contributed by atoms with Gasteiger partial charge in [-0.3, -0.25) is 0 Å². The molecule has 14 heavy (non-hydrogen) atoms. The Balaban J connectivity index is 2.19. The number of hydrogen-bond acceptors (Lipinski definition) is 2. The number of nitrogens with two attached hydrogens (primary N) is 1. The maximum absolute atomic E-state index is 11.0. The van der Waals surface area contributed by atoms with Crippen LogP contribution in [0.5, 0.6) is 0 Å². The van der Waals surface area contributed by atoms with Crippen molar-refractivity contribution < 1.29 is 8.42 Å². The van der Waals surface area contributed by atoms with Crippen LogP contribution < -0.4 is 5.14 Å². The van der Waals surface area contributed by atoms with Crippen LogP contribution >= 0.6 is 0 Å². The highest BCUT2D eigenvalue weighted by Gasteiger charge is 2.51. The smallest absolute Gasteiger partial charge is 0.212 e. The van der Waals surface area contributed by atoms with Gasteiger partial charge < -0.3 is 0 Å². The van der Waals surface area contributed by atoms with Crippen LogP contribution in [0.15, 0.2) is 11.6 Å². The van der Waals surface area contributed by atoms with Crippen molar-refractivity contribution in [2.24, 2.45) is 22.4 Å². The second-order valence-corrected chi connectivity index (χ2v) is 6.74. The Hall–Kier alpha value is -0.350. The molecule has 2 bridgehead atoms. The molecule has 0 heterocycles. The van der Waals surface area contributed by atoms with Gasteiger partial charge in [-0.15, -0.1) is 0 Å². The molecule has 1 saturated carbocycles. The summed E-state index contributed by atoms with van der Waals surface area (Å²) in [6.45, 7) is 4.45. The fourth-order valence-electron chi connectivity index (χ4n) is 2.87. The van der Waals surface area contributed by atoms with E-state index in [9.17, 15) is 8.42 Å². The van der Waals surface area contributed by atoms with E-state index in [0.29, 0.717) is 5.92 Å². The standard InChI is InChI=1S/C10H17NO2S/c1-10(2)8-4-3-7(9(10)5-8)6-14(11,12)13/h3,8-9H,4-6H2,1-2H3,(H2,11,12,13). The van der Waals surface area contributed by atoms with Crippen LogP contribution in [0.3, 0.4) is 0 Å². The van der Waals surface area contributed by atoms with Gasteiger partial charge in [-0.1, -0.05) is 25.5 Å². The highest BCUT2D eigenvalue weighted by molar-refractivity contribution is 7.89. The minimum absolute atomic E-state index is 0.0494. The average molecular weight is 215 g/mol. The first-order chi connectivity index (χ1) is 6.31. The summed E-state index contributed by atoms with van der Waals surface area (Å²) in [5.41, 5.74) is 1.33. The van der Waals surface area contributed by atoms with E-state index in [4.69, 9.17) is 5.14 Å². The Morgan fingerprint density at radius 1 is 1.57 bits per heavy atom. The summed E-state index contributed by atoms with van der Waals surface area (Å²) in [4.78, 5) is 0. The quantitative estimate of drug-likeness (QED) is 0.705. The van der Waals surface area contributed by atoms with Crippen LogP contribution in [0, 0.1) is 17.3 Å². The van der Waals surface area contributed by atoms with Crippen molar-refractivity contribution in [1.82, 2.24) is 0 Å². The molecule has 3 nitrogen and oxygen atoms in total. The average Bonchev–Trinajstić information content (AvgIpc) is 2.00. The van der Waals surface area contributed by atoms with Gasteiger partial charge in [0.25, 0.3) is 0 Å². The SMILES string of the molecule is CC1(C)C2CC=C(CS(N)(=O)=O)C1C2. The summed E-state index contributed by atoms with van der Waals surface area (Å²) in [7, 11) is -3.35. The molecule has 0 aromatic carbocycles. The van der Waals surface area contributed by atoms with Crippen molar-refractivity contribution in [1.29, 1.82) is 0 Å². The number of sulfonamides is 1. The van der Waals surface area contributed by atoms with Gasteiger partial charge in [0.15, 0.2) is 0 Å². The molecule has 3 aliphatic carbocycles. The minimum atomic E-state index is -3.35. The zero-order valence-electron chi connectivity index (χ0n) is 8.66. The van der Waals surface area contributed by atoms with Crippen molar-refractivity contribution in [2.45, 2.75) is 26.7 Å². The van der Waals surface area contributed by atoms with E-state index in [0.717, 1.165) is 24.3 Å². The monoisotopic (exact) mass is 215 g/mol. The van der Waals surface area contributed by atoms with Gasteiger partial charge in [0.1, 0.15) is 0 Å². The molecule has 1 fully saturated rings. The Bertz CT molecular complexity index is 381. The zero-order valence-corrected chi connectivity index (χ0v) is 9.47. The molecule has 0 saturated heterocycles. The van der Waals surface area contributed by atoms with E-state index in [2.05, 4.69) is 19.9 Å². The topological polar surface area (TPSA) is 60.2 Å². The molecule has 2 atom stereocenters. The maximum Gasteiger partial charge on any atom is 0.212 e. The maximum atomic E-state index is 11.0. The fourth-order valence-corrected chi connectivity index (χ4v) is 3.66. The van der Waals surface area contributed by atoms with Crippen LogP contribution in [0.1, 0.15) is 26.7 Å². The molecule has 0 amide bonds. The number of allylic oxidation sites excluding steroid dienone is 1. The third-order valence-electron chi connectivity index (χ3n) is 3.95. The number of primary sulfonamides is 1. The van der Waals surface area contributed by atoms with E-state index in [1.165, 1.54) is 0 Å². The zero-order chi connectivity index (χ0) is 10.6. The third-order valence-corrected chi connectivity index (χ3v) is 4.69. The Kier molecular flexibility index (Phi) is 2.05. The van der Waals surface area contributed by atoms with Gasteiger partial charge in [0, 0.05) is 0 Å². The van der Waals surface area contributed by atoms with Crippen molar-refractivity contribution in [3.8, 4) is 0 Å². The van der Waals surface area contributed by atoms with Crippen molar-refractivity contribution in [3.63, 3.8) is 0 Å². The number of hydrogen-bond donors (Lipinski definition) is 1. The van der Waals surface area contributed by atoms with Crippen molar-refractivity contribution in [3.05, 3.63) is 11.6 Å². The Morgan fingerprint density at radius 3 is 2.64 bits per heavy atom. The molecule has 80 valence electrons. The molecule has 3 rings (SSSR count). The lowest BCUT2D eigenvalue weighted by Crippen LogP contribution is -2.49. The fraction of sp³-hybridized carbons (Fsp3) is 0.800. The van der Waals surface area contributed by atoms with Crippen molar-refractivity contribution >= 4 is 10.0 Å². The van der Waals surface area contributed by atoms with E-state index in [1.807, 2.05) is 0 Å². The molecular weight excluding hydrogens is 198 g/mol. The van der Waals surface area contributed by atoms with Gasteiger partial charge in [-0.05, 0) is 30.1 Å². The van der Waals surface area contributed by atoms with Crippen LogP contribution in [0.25, 0.3) is 0 Å². The Morgan fingerprint density at radius 2 is 2.21 bits per heavy atom. The normalized spacial score (nSPS) is 34.6. The molecule has 0 aromatic rings. The van der Waals surface area contributed by atoms with Gasteiger partial charge in [-0.2, -0.15) is 0 Å². The van der Waals surface area contributed by atoms with Gasteiger partial charge in [0.2, 0.25) is 10.0 Å². The number of rotatable bonds is 2. The van der Waals surface area contributed by atoms with Crippen molar-refractivity contribution in [2.75, 3.05) is 5.75 Å². The molecule has 2 N–H and O–H groups in total. The third kappa shape index (κ3) is 1.50. The highest BCUT2D eigenvalue weighted by atomic mass is 32.2. The first kappa shape index (κ1) is 10.2. The first-order valence-corrected chi connectivity index (χ1v) is 6.71. The van der Waals surface area contributed by atoms with Crippen LogP contribution in [0.4, 0.5) is 0 Å². The molecule has 0 radical (unpaired) electrons. The summed E-state index contributed by atoms with van der Waals surface area (Å²) in [5, 5.41) is 5.07. The minimum Gasteiger partial charge on any atom is -0.228 e. The first-order valence-electron chi connectivity index (χ1n) is 5.00. The molecule has 0 spiro atoms. The summed E-state index contributed by atoms with van der Waals surface area (Å²) in [6, 6.07) is 0. The van der Waals surface area contributed by atoms with Gasteiger partial charge in [0.05, 0.1) is 5.75 Å². The summed E-state index contributed by atoms with van der Waals surface area (Å²) >= 11 is 0. The van der Waals surface area contributed by atoms with Crippen LogP contribution in [-0.2, 0) is 10.0 Å². The summed E-state index contributed by atoms with van der Waals surface area (Å²) in [6.07, 6.45) is 4.25. The lowest BCUT2D eigenvalue weighted by molar-refractivity contribution is -0.00550. The lowest BCUT2D eigenvalue weighted by atomic mass is 9.49. The second kappa shape index (κ2) is 2.83. The van der Waals surface area contributed by atoms with E-state index in [-0.39, 0.29) is 11.2 Å². The van der Waals surface area contributed by atoms with Gasteiger partial charge >= 0.3 is 0 Å². The predicted molar refractivity (Wildman–Crippen MR) is 56.1 cm³/mol. The Labute approximate surface area is 85.4 Å². The molecule has 4 heteroatoms. The molecule has 2 unspecified atom stereocenters. The summed E-state index contributed by atoms with van der Waals surface area (Å²) in [5.74, 6) is 1.24. The molecule has 0 aromatic heterocycles. The van der Waals surface area contributed by atoms with E-state index in [1.54, 1.807) is 0 Å². The predicted octanol–water partition coefficient (Wildman–Crippen LogP) is 1.27. The van der Waals surface area contributed by atoms with Crippen LogP contribution in [0.2, 0.25) is 0 Å². The second-order valence-electron chi connectivity index (χ2n) is 5.13. The van der Waals surface area contributed by atoms with E-state index >= 15 is 0 Å². The molecule has 0 aliphatic heterocycles. The van der Waals surface area contributed by atoms with Gasteiger partial charge in [-0.25, -0.2) is 13.6 Å². The largest absolute Gasteiger partial charge is 0.228 e.